The van der Waals surface area contributed by atoms with E-state index in [0.717, 1.165) is 16.3 Å². The maximum atomic E-state index is 12.2. The second kappa shape index (κ2) is 4.97. The topological polar surface area (TPSA) is 68.6 Å². The number of morpholine rings is 1. The van der Waals surface area contributed by atoms with E-state index in [-0.39, 0.29) is 25.5 Å². The molecule has 1 aromatic heterocycles. The fourth-order valence-corrected chi connectivity index (χ4v) is 2.06. The molecule has 0 aromatic carbocycles. The first-order valence-electron chi connectivity index (χ1n) is 5.99. The Hall–Kier alpha value is -1.95. The molecule has 1 aromatic rings. The number of imide groups is 1. The van der Waals surface area contributed by atoms with Crippen LogP contribution in [0.3, 0.4) is 0 Å². The van der Waals surface area contributed by atoms with Gasteiger partial charge >= 0.3 is 0 Å². The third-order valence-corrected chi connectivity index (χ3v) is 3.43. The monoisotopic (exact) mass is 264 g/mol. The highest BCUT2D eigenvalue weighted by atomic mass is 16.5. The van der Waals surface area contributed by atoms with Crippen molar-refractivity contribution in [2.24, 2.45) is 7.05 Å². The number of amides is 2. The summed E-state index contributed by atoms with van der Waals surface area (Å²) in [6.07, 6.45) is 0. The predicted molar refractivity (Wildman–Crippen MR) is 66.8 cm³/mol. The number of ketones is 1. The molecule has 2 amide bonds. The number of hydrogen-bond acceptors (Lipinski definition) is 4. The van der Waals surface area contributed by atoms with E-state index in [0.29, 0.717) is 5.56 Å². The van der Waals surface area contributed by atoms with E-state index < -0.39 is 11.8 Å². The lowest BCUT2D eigenvalue weighted by molar-refractivity contribution is -0.157. The van der Waals surface area contributed by atoms with Crippen molar-refractivity contribution in [3.63, 3.8) is 0 Å². The minimum absolute atomic E-state index is 0.147. The molecule has 1 aliphatic rings. The zero-order valence-corrected chi connectivity index (χ0v) is 11.2. The summed E-state index contributed by atoms with van der Waals surface area (Å²) in [6.45, 7) is 3.22. The minimum Gasteiger partial charge on any atom is -0.362 e. The van der Waals surface area contributed by atoms with Gasteiger partial charge in [-0.15, -0.1) is 0 Å². The van der Waals surface area contributed by atoms with Crippen LogP contribution in [0.5, 0.6) is 0 Å². The van der Waals surface area contributed by atoms with E-state index in [4.69, 9.17) is 4.74 Å². The number of rotatable bonds is 3. The molecule has 0 atom stereocenters. The Morgan fingerprint density at radius 1 is 1.26 bits per heavy atom. The lowest BCUT2D eigenvalue weighted by atomic mass is 10.1. The molecular weight excluding hydrogens is 248 g/mol. The fraction of sp³-hybridized carbons (Fsp3) is 0.462. The molecule has 1 aliphatic heterocycles. The van der Waals surface area contributed by atoms with Crippen molar-refractivity contribution in [2.45, 2.75) is 13.8 Å². The molecule has 1 fully saturated rings. The lowest BCUT2D eigenvalue weighted by Crippen LogP contribution is -2.48. The van der Waals surface area contributed by atoms with Gasteiger partial charge in [-0.25, -0.2) is 0 Å². The van der Waals surface area contributed by atoms with E-state index >= 15 is 0 Å². The largest absolute Gasteiger partial charge is 0.362 e. The Kier molecular flexibility index (Phi) is 3.53. The molecule has 0 aliphatic carbocycles. The van der Waals surface area contributed by atoms with Crippen molar-refractivity contribution < 1.29 is 19.1 Å². The summed E-state index contributed by atoms with van der Waals surface area (Å²) in [6, 6.07) is 1.77. The van der Waals surface area contributed by atoms with Gasteiger partial charge in [0.15, 0.2) is 5.78 Å². The zero-order chi connectivity index (χ0) is 14.2. The van der Waals surface area contributed by atoms with Gasteiger partial charge in [-0.1, -0.05) is 0 Å². The molecule has 19 heavy (non-hydrogen) atoms. The maximum Gasteiger partial charge on any atom is 0.255 e. The van der Waals surface area contributed by atoms with Gasteiger partial charge in [0, 0.05) is 24.0 Å². The number of hydrogen-bond donors (Lipinski definition) is 0. The molecule has 0 radical (unpaired) electrons. The van der Waals surface area contributed by atoms with Gasteiger partial charge in [0.1, 0.15) is 13.2 Å². The van der Waals surface area contributed by atoms with Crippen LogP contribution in [-0.4, -0.2) is 46.8 Å². The van der Waals surface area contributed by atoms with E-state index in [1.165, 1.54) is 0 Å². The Balaban J connectivity index is 2.18. The van der Waals surface area contributed by atoms with Crippen LogP contribution >= 0.6 is 0 Å². The molecule has 2 heterocycles. The average Bonchev–Trinajstić information content (AvgIpc) is 2.62. The standard InChI is InChI=1S/C13H16N2O4/c1-8-4-10(9(2)14(8)3)11(16)5-15-12(17)6-19-7-13(15)18/h4H,5-7H2,1-3H3. The number of nitrogens with zero attached hydrogens (tertiary/aromatic N) is 2. The van der Waals surface area contributed by atoms with Crippen LogP contribution < -0.4 is 0 Å². The summed E-state index contributed by atoms with van der Waals surface area (Å²) < 4.78 is 6.70. The lowest BCUT2D eigenvalue weighted by Gasteiger charge is -2.24. The highest BCUT2D eigenvalue weighted by Crippen LogP contribution is 2.15. The highest BCUT2D eigenvalue weighted by molar-refractivity contribution is 6.06. The number of aryl methyl sites for hydroxylation is 1. The molecule has 0 spiro atoms. The first-order chi connectivity index (χ1) is 8.91. The SMILES string of the molecule is Cc1cc(C(=O)CN2C(=O)COCC2=O)c(C)n1C. The van der Waals surface area contributed by atoms with E-state index in [1.807, 2.05) is 25.5 Å². The van der Waals surface area contributed by atoms with Crippen LogP contribution in [-0.2, 0) is 21.4 Å². The second-order valence-electron chi connectivity index (χ2n) is 4.63. The van der Waals surface area contributed by atoms with Gasteiger partial charge in [-0.2, -0.15) is 0 Å². The molecule has 6 nitrogen and oxygen atoms in total. The van der Waals surface area contributed by atoms with E-state index in [1.54, 1.807) is 6.07 Å². The molecule has 1 saturated heterocycles. The fourth-order valence-electron chi connectivity index (χ4n) is 2.06. The summed E-state index contributed by atoms with van der Waals surface area (Å²) in [7, 11) is 1.87. The van der Waals surface area contributed by atoms with Crippen LogP contribution in [0.4, 0.5) is 0 Å². The number of carbonyl (C=O) groups excluding carboxylic acids is 3. The molecule has 102 valence electrons. The molecule has 2 rings (SSSR count). The van der Waals surface area contributed by atoms with Crippen molar-refractivity contribution in [3.05, 3.63) is 23.0 Å². The summed E-state index contributed by atoms with van der Waals surface area (Å²) in [4.78, 5) is 36.3. The first-order valence-corrected chi connectivity index (χ1v) is 5.99. The van der Waals surface area contributed by atoms with Crippen molar-refractivity contribution >= 4 is 17.6 Å². The third kappa shape index (κ3) is 2.44. The van der Waals surface area contributed by atoms with Crippen LogP contribution in [0.15, 0.2) is 6.07 Å². The van der Waals surface area contributed by atoms with Gasteiger partial charge in [-0.05, 0) is 19.9 Å². The Bertz CT molecular complexity index is 543. The van der Waals surface area contributed by atoms with E-state index in [2.05, 4.69) is 0 Å². The first kappa shape index (κ1) is 13.5. The van der Waals surface area contributed by atoms with E-state index in [9.17, 15) is 14.4 Å². The Morgan fingerprint density at radius 2 is 1.84 bits per heavy atom. The summed E-state index contributed by atoms with van der Waals surface area (Å²) in [5.41, 5.74) is 2.34. The molecule has 6 heteroatoms. The van der Waals surface area contributed by atoms with Crippen molar-refractivity contribution in [3.8, 4) is 0 Å². The molecule has 0 bridgehead atoms. The van der Waals surface area contributed by atoms with Crippen LogP contribution in [0, 0.1) is 13.8 Å². The predicted octanol–water partition coefficient (Wildman–Crippen LogP) is 0.210. The van der Waals surface area contributed by atoms with Gasteiger partial charge in [-0.3, -0.25) is 19.3 Å². The Morgan fingerprint density at radius 3 is 2.32 bits per heavy atom. The van der Waals surface area contributed by atoms with Crippen LogP contribution in [0.2, 0.25) is 0 Å². The smallest absolute Gasteiger partial charge is 0.255 e. The Labute approximate surface area is 110 Å². The van der Waals surface area contributed by atoms with Gasteiger partial charge in [0.2, 0.25) is 0 Å². The molecule has 0 N–H and O–H groups in total. The maximum absolute atomic E-state index is 12.2. The summed E-state index contributed by atoms with van der Waals surface area (Å²) in [5.74, 6) is -1.16. The van der Waals surface area contributed by atoms with Crippen LogP contribution in [0.25, 0.3) is 0 Å². The third-order valence-electron chi connectivity index (χ3n) is 3.43. The number of carbonyl (C=O) groups is 3. The van der Waals surface area contributed by atoms with Crippen molar-refractivity contribution in [1.82, 2.24) is 9.47 Å². The summed E-state index contributed by atoms with van der Waals surface area (Å²) >= 11 is 0. The second-order valence-corrected chi connectivity index (χ2v) is 4.63. The summed E-state index contributed by atoms with van der Waals surface area (Å²) in [5, 5.41) is 0. The van der Waals surface area contributed by atoms with Crippen LogP contribution in [0.1, 0.15) is 21.7 Å². The van der Waals surface area contributed by atoms with Crippen molar-refractivity contribution in [2.75, 3.05) is 19.8 Å². The normalized spacial score (nSPS) is 16.1. The molecule has 0 unspecified atom stereocenters. The number of Topliss-reactive ketones (excluding diaryl/α,β-unsaturated/α-hetero) is 1. The van der Waals surface area contributed by atoms with Crippen molar-refractivity contribution in [1.29, 1.82) is 0 Å². The average molecular weight is 264 g/mol. The van der Waals surface area contributed by atoms with Gasteiger partial charge < -0.3 is 9.30 Å². The molecule has 0 saturated carbocycles. The minimum atomic E-state index is -0.463. The highest BCUT2D eigenvalue weighted by Gasteiger charge is 2.29. The number of ether oxygens (including phenoxy) is 1. The number of aromatic nitrogens is 1. The van der Waals surface area contributed by atoms with Gasteiger partial charge in [0.25, 0.3) is 11.8 Å². The van der Waals surface area contributed by atoms with Gasteiger partial charge in [0.05, 0.1) is 6.54 Å². The zero-order valence-electron chi connectivity index (χ0n) is 11.2. The molecular formula is C13H16N2O4. The quantitative estimate of drug-likeness (QED) is 0.578.